The standard InChI is InChI=1S/C17H18ClNO2/c1-12-8-14(18)7-6-13(12)9-19-10-15-11-20-16-4-2-3-5-17(16)21-15/h2-8,15,19H,9-11H2,1H3. The number of hydrogen-bond donors (Lipinski definition) is 1. The van der Waals surface area contributed by atoms with Crippen LogP contribution in [-0.4, -0.2) is 19.3 Å². The van der Waals surface area contributed by atoms with Crippen LogP contribution in [0.2, 0.25) is 5.02 Å². The zero-order valence-electron chi connectivity index (χ0n) is 11.9. The van der Waals surface area contributed by atoms with Gasteiger partial charge >= 0.3 is 0 Å². The molecule has 21 heavy (non-hydrogen) atoms. The van der Waals surface area contributed by atoms with Gasteiger partial charge in [0, 0.05) is 18.1 Å². The van der Waals surface area contributed by atoms with Crippen LogP contribution in [0.5, 0.6) is 11.5 Å². The van der Waals surface area contributed by atoms with Gasteiger partial charge in [0.25, 0.3) is 0 Å². The summed E-state index contributed by atoms with van der Waals surface area (Å²) < 4.78 is 11.6. The second-order valence-corrected chi connectivity index (χ2v) is 5.64. The third-order valence-corrected chi connectivity index (χ3v) is 3.79. The molecule has 0 aromatic heterocycles. The van der Waals surface area contributed by atoms with E-state index in [1.54, 1.807) is 0 Å². The molecule has 2 aromatic carbocycles. The first-order chi connectivity index (χ1) is 10.2. The van der Waals surface area contributed by atoms with Crippen molar-refractivity contribution in [2.75, 3.05) is 13.2 Å². The van der Waals surface area contributed by atoms with Crippen molar-refractivity contribution in [3.63, 3.8) is 0 Å². The molecule has 3 nitrogen and oxygen atoms in total. The van der Waals surface area contributed by atoms with Gasteiger partial charge in [-0.1, -0.05) is 29.8 Å². The summed E-state index contributed by atoms with van der Waals surface area (Å²) >= 11 is 5.96. The zero-order valence-corrected chi connectivity index (χ0v) is 12.7. The van der Waals surface area contributed by atoms with Crippen LogP contribution in [-0.2, 0) is 6.54 Å². The van der Waals surface area contributed by atoms with Crippen molar-refractivity contribution in [1.82, 2.24) is 5.32 Å². The maximum absolute atomic E-state index is 5.96. The van der Waals surface area contributed by atoms with E-state index in [1.807, 2.05) is 36.4 Å². The number of rotatable bonds is 4. The molecule has 110 valence electrons. The second kappa shape index (κ2) is 6.37. The lowest BCUT2D eigenvalue weighted by molar-refractivity contribution is 0.0902. The average Bonchev–Trinajstić information content (AvgIpc) is 2.49. The summed E-state index contributed by atoms with van der Waals surface area (Å²) in [6.07, 6.45) is 0.0347. The number of nitrogens with one attached hydrogen (secondary N) is 1. The third kappa shape index (κ3) is 3.49. The molecule has 1 aliphatic heterocycles. The minimum absolute atomic E-state index is 0.0347. The quantitative estimate of drug-likeness (QED) is 0.936. The molecule has 0 fully saturated rings. The Balaban J connectivity index is 1.52. The maximum Gasteiger partial charge on any atom is 0.161 e. The van der Waals surface area contributed by atoms with Gasteiger partial charge in [0.15, 0.2) is 11.5 Å². The van der Waals surface area contributed by atoms with E-state index in [9.17, 15) is 0 Å². The molecule has 1 unspecified atom stereocenters. The maximum atomic E-state index is 5.96. The highest BCUT2D eigenvalue weighted by Gasteiger charge is 2.19. The first-order valence-corrected chi connectivity index (χ1v) is 7.44. The minimum Gasteiger partial charge on any atom is -0.486 e. The Kier molecular flexibility index (Phi) is 4.32. The average molecular weight is 304 g/mol. The molecule has 0 radical (unpaired) electrons. The minimum atomic E-state index is 0.0347. The van der Waals surface area contributed by atoms with E-state index >= 15 is 0 Å². The van der Waals surface area contributed by atoms with E-state index in [0.717, 1.165) is 29.6 Å². The Hall–Kier alpha value is -1.71. The molecule has 0 amide bonds. The van der Waals surface area contributed by atoms with Crippen LogP contribution >= 0.6 is 11.6 Å². The van der Waals surface area contributed by atoms with Crippen molar-refractivity contribution in [2.24, 2.45) is 0 Å². The fourth-order valence-electron chi connectivity index (χ4n) is 2.39. The first-order valence-electron chi connectivity index (χ1n) is 7.06. The Morgan fingerprint density at radius 3 is 2.81 bits per heavy atom. The topological polar surface area (TPSA) is 30.5 Å². The van der Waals surface area contributed by atoms with E-state index in [-0.39, 0.29) is 6.10 Å². The molecular formula is C17H18ClNO2. The highest BCUT2D eigenvalue weighted by molar-refractivity contribution is 6.30. The van der Waals surface area contributed by atoms with Gasteiger partial charge in [-0.15, -0.1) is 0 Å². The highest BCUT2D eigenvalue weighted by atomic mass is 35.5. The monoisotopic (exact) mass is 303 g/mol. The van der Waals surface area contributed by atoms with Crippen LogP contribution in [0.15, 0.2) is 42.5 Å². The van der Waals surface area contributed by atoms with Gasteiger partial charge in [-0.3, -0.25) is 0 Å². The molecule has 3 rings (SSSR count). The van der Waals surface area contributed by atoms with Crippen molar-refractivity contribution in [2.45, 2.75) is 19.6 Å². The largest absolute Gasteiger partial charge is 0.486 e. The SMILES string of the molecule is Cc1cc(Cl)ccc1CNCC1COc2ccccc2O1. The van der Waals surface area contributed by atoms with Gasteiger partial charge in [0.1, 0.15) is 12.7 Å². The summed E-state index contributed by atoms with van der Waals surface area (Å²) in [4.78, 5) is 0. The van der Waals surface area contributed by atoms with Gasteiger partial charge in [-0.05, 0) is 42.3 Å². The smallest absolute Gasteiger partial charge is 0.161 e. The van der Waals surface area contributed by atoms with Crippen LogP contribution in [0.1, 0.15) is 11.1 Å². The van der Waals surface area contributed by atoms with Gasteiger partial charge in [-0.2, -0.15) is 0 Å². The van der Waals surface area contributed by atoms with E-state index in [4.69, 9.17) is 21.1 Å². The third-order valence-electron chi connectivity index (χ3n) is 3.56. The lowest BCUT2D eigenvalue weighted by atomic mass is 10.1. The molecule has 0 aliphatic carbocycles. The first kappa shape index (κ1) is 14.2. The molecule has 1 N–H and O–H groups in total. The number of aryl methyl sites for hydroxylation is 1. The van der Waals surface area contributed by atoms with Crippen LogP contribution in [0.25, 0.3) is 0 Å². The molecule has 0 spiro atoms. The lowest BCUT2D eigenvalue weighted by Gasteiger charge is -2.26. The molecule has 0 saturated carbocycles. The molecule has 0 bridgehead atoms. The van der Waals surface area contributed by atoms with Gasteiger partial charge < -0.3 is 14.8 Å². The highest BCUT2D eigenvalue weighted by Crippen LogP contribution is 2.30. The van der Waals surface area contributed by atoms with Crippen molar-refractivity contribution >= 4 is 11.6 Å². The van der Waals surface area contributed by atoms with E-state index < -0.39 is 0 Å². The van der Waals surface area contributed by atoms with Crippen molar-refractivity contribution in [1.29, 1.82) is 0 Å². The molecule has 4 heteroatoms. The number of fused-ring (bicyclic) bond motifs is 1. The van der Waals surface area contributed by atoms with Gasteiger partial charge in [0.05, 0.1) is 0 Å². The summed E-state index contributed by atoms with van der Waals surface area (Å²) in [5, 5.41) is 4.19. The molecule has 0 saturated heterocycles. The fourth-order valence-corrected chi connectivity index (χ4v) is 2.62. The fraction of sp³-hybridized carbons (Fsp3) is 0.294. The van der Waals surface area contributed by atoms with E-state index in [0.29, 0.717) is 6.61 Å². The Labute approximate surface area is 129 Å². The van der Waals surface area contributed by atoms with Crippen molar-refractivity contribution in [3.8, 4) is 11.5 Å². The van der Waals surface area contributed by atoms with E-state index in [1.165, 1.54) is 11.1 Å². The zero-order chi connectivity index (χ0) is 14.7. The van der Waals surface area contributed by atoms with Crippen molar-refractivity contribution in [3.05, 3.63) is 58.6 Å². The number of hydrogen-bond acceptors (Lipinski definition) is 3. The lowest BCUT2D eigenvalue weighted by Crippen LogP contribution is -2.38. The number of halogens is 1. The molecular weight excluding hydrogens is 286 g/mol. The Bertz CT molecular complexity index is 630. The molecule has 1 aliphatic rings. The van der Waals surface area contributed by atoms with Crippen LogP contribution in [0.4, 0.5) is 0 Å². The van der Waals surface area contributed by atoms with E-state index in [2.05, 4.69) is 18.3 Å². The number of benzene rings is 2. The number of para-hydroxylation sites is 2. The molecule has 1 heterocycles. The summed E-state index contributed by atoms with van der Waals surface area (Å²) in [6.45, 7) is 4.18. The van der Waals surface area contributed by atoms with Gasteiger partial charge in [-0.25, -0.2) is 0 Å². The van der Waals surface area contributed by atoms with Crippen LogP contribution < -0.4 is 14.8 Å². The second-order valence-electron chi connectivity index (χ2n) is 5.20. The molecule has 2 aromatic rings. The van der Waals surface area contributed by atoms with Crippen molar-refractivity contribution < 1.29 is 9.47 Å². The predicted molar refractivity (Wildman–Crippen MR) is 84.2 cm³/mol. The summed E-state index contributed by atoms with van der Waals surface area (Å²) in [7, 11) is 0. The summed E-state index contributed by atoms with van der Waals surface area (Å²) in [5.41, 5.74) is 2.44. The van der Waals surface area contributed by atoms with Gasteiger partial charge in [0.2, 0.25) is 0 Å². The Morgan fingerprint density at radius 2 is 2.00 bits per heavy atom. The number of ether oxygens (including phenoxy) is 2. The molecule has 1 atom stereocenters. The summed E-state index contributed by atoms with van der Waals surface area (Å²) in [6, 6.07) is 13.7. The normalized spacial score (nSPS) is 16.8. The predicted octanol–water partition coefficient (Wildman–Crippen LogP) is 3.58. The van der Waals surface area contributed by atoms with Crippen LogP contribution in [0, 0.1) is 6.92 Å². The Morgan fingerprint density at radius 1 is 1.19 bits per heavy atom. The summed E-state index contributed by atoms with van der Waals surface area (Å²) in [5.74, 6) is 1.64. The van der Waals surface area contributed by atoms with Crippen LogP contribution in [0.3, 0.4) is 0 Å².